The maximum Gasteiger partial charge on any atom is 0.277 e. The number of ether oxygens (including phenoxy) is 1. The molecule has 2 aromatic carbocycles. The first-order valence-corrected chi connectivity index (χ1v) is 9.85. The first kappa shape index (κ1) is 18.9. The van der Waals surface area contributed by atoms with E-state index in [2.05, 4.69) is 21.4 Å². The Morgan fingerprint density at radius 2 is 1.97 bits per heavy atom. The van der Waals surface area contributed by atoms with Crippen LogP contribution < -0.4 is 15.0 Å². The summed E-state index contributed by atoms with van der Waals surface area (Å²) in [5.74, 6) is 1.23. The van der Waals surface area contributed by atoms with Gasteiger partial charge in [0.05, 0.1) is 7.11 Å². The van der Waals surface area contributed by atoms with Crippen LogP contribution in [0.1, 0.15) is 28.0 Å². The number of hydrogen-bond donors (Lipinski definition) is 1. The number of aromatic nitrogens is 2. The zero-order chi connectivity index (χ0) is 20.1. The molecule has 1 aliphatic heterocycles. The highest BCUT2D eigenvalue weighted by atomic mass is 16.5. The fourth-order valence-electron chi connectivity index (χ4n) is 3.66. The first-order chi connectivity index (χ1) is 14.3. The standard InChI is InChI=1S/C23H24N4O2/c1-29-21-11-5-3-8-18(21)12-14-24-23-25-15-13-19(26-23)22(28)27-16-6-9-17-7-2-4-10-20(17)27/h2-5,7-8,10-11,13,15H,6,9,12,14,16H2,1H3,(H,24,25,26). The number of benzene rings is 2. The second-order valence-corrected chi connectivity index (χ2v) is 6.94. The highest BCUT2D eigenvalue weighted by molar-refractivity contribution is 6.05. The number of methoxy groups -OCH3 is 1. The molecule has 0 unspecified atom stereocenters. The molecule has 148 valence electrons. The topological polar surface area (TPSA) is 67.3 Å². The third-order valence-corrected chi connectivity index (χ3v) is 5.10. The molecule has 2 heterocycles. The number of aryl methyl sites for hydroxylation is 1. The number of hydrogen-bond acceptors (Lipinski definition) is 5. The number of carbonyl (C=O) groups is 1. The Kier molecular flexibility index (Phi) is 5.70. The van der Waals surface area contributed by atoms with Crippen LogP contribution in [0, 0.1) is 0 Å². The molecule has 6 nitrogen and oxygen atoms in total. The van der Waals surface area contributed by atoms with E-state index in [4.69, 9.17) is 4.74 Å². The van der Waals surface area contributed by atoms with E-state index in [1.54, 1.807) is 19.4 Å². The van der Waals surface area contributed by atoms with E-state index in [9.17, 15) is 4.79 Å². The van der Waals surface area contributed by atoms with E-state index in [1.807, 2.05) is 47.4 Å². The van der Waals surface area contributed by atoms with Crippen molar-refractivity contribution in [2.24, 2.45) is 0 Å². The van der Waals surface area contributed by atoms with Gasteiger partial charge in [0.15, 0.2) is 0 Å². The lowest BCUT2D eigenvalue weighted by Crippen LogP contribution is -2.36. The van der Waals surface area contributed by atoms with Gasteiger partial charge in [0, 0.05) is 25.0 Å². The lowest BCUT2D eigenvalue weighted by Gasteiger charge is -2.29. The highest BCUT2D eigenvalue weighted by Crippen LogP contribution is 2.27. The third kappa shape index (κ3) is 4.21. The van der Waals surface area contributed by atoms with Crippen molar-refractivity contribution < 1.29 is 9.53 Å². The maximum atomic E-state index is 13.1. The van der Waals surface area contributed by atoms with Gasteiger partial charge < -0.3 is 15.0 Å². The fraction of sp³-hybridized carbons (Fsp3) is 0.261. The number of para-hydroxylation sites is 2. The molecule has 1 amide bonds. The smallest absolute Gasteiger partial charge is 0.277 e. The number of nitrogens with one attached hydrogen (secondary N) is 1. The van der Waals surface area contributed by atoms with Gasteiger partial charge in [-0.05, 0) is 48.6 Å². The molecule has 0 fully saturated rings. The SMILES string of the molecule is COc1ccccc1CCNc1nccc(C(=O)N2CCCc3ccccc32)n1. The maximum absolute atomic E-state index is 13.1. The number of nitrogens with zero attached hydrogens (tertiary/aromatic N) is 3. The summed E-state index contributed by atoms with van der Waals surface area (Å²) in [5.41, 5.74) is 3.69. The van der Waals surface area contributed by atoms with Gasteiger partial charge in [-0.3, -0.25) is 4.79 Å². The van der Waals surface area contributed by atoms with Crippen molar-refractivity contribution in [3.05, 3.63) is 77.6 Å². The van der Waals surface area contributed by atoms with Crippen LogP contribution in [0.25, 0.3) is 0 Å². The van der Waals surface area contributed by atoms with Crippen molar-refractivity contribution in [3.63, 3.8) is 0 Å². The van der Waals surface area contributed by atoms with Crippen LogP contribution >= 0.6 is 0 Å². The van der Waals surface area contributed by atoms with Crippen molar-refractivity contribution in [2.45, 2.75) is 19.3 Å². The van der Waals surface area contributed by atoms with Crippen LogP contribution in [-0.4, -0.2) is 36.1 Å². The Labute approximate surface area is 170 Å². The Morgan fingerprint density at radius 1 is 1.14 bits per heavy atom. The molecule has 0 radical (unpaired) electrons. The summed E-state index contributed by atoms with van der Waals surface area (Å²) in [7, 11) is 1.67. The predicted molar refractivity (Wildman–Crippen MR) is 114 cm³/mol. The molecular weight excluding hydrogens is 364 g/mol. The van der Waals surface area contributed by atoms with Crippen molar-refractivity contribution in [2.75, 3.05) is 30.4 Å². The third-order valence-electron chi connectivity index (χ3n) is 5.10. The van der Waals surface area contributed by atoms with E-state index in [-0.39, 0.29) is 5.91 Å². The van der Waals surface area contributed by atoms with Gasteiger partial charge in [-0.1, -0.05) is 36.4 Å². The minimum Gasteiger partial charge on any atom is -0.496 e. The molecule has 0 bridgehead atoms. The predicted octanol–water partition coefficient (Wildman–Crippen LogP) is 3.73. The van der Waals surface area contributed by atoms with Crippen LogP contribution in [0.3, 0.4) is 0 Å². The lowest BCUT2D eigenvalue weighted by atomic mass is 10.0. The van der Waals surface area contributed by atoms with Gasteiger partial charge in [-0.2, -0.15) is 0 Å². The van der Waals surface area contributed by atoms with E-state index >= 15 is 0 Å². The summed E-state index contributed by atoms with van der Waals surface area (Å²) < 4.78 is 5.39. The second kappa shape index (κ2) is 8.73. The number of amides is 1. The molecule has 0 saturated carbocycles. The molecule has 6 heteroatoms. The second-order valence-electron chi connectivity index (χ2n) is 6.94. The quantitative estimate of drug-likeness (QED) is 0.697. The average Bonchev–Trinajstić information content (AvgIpc) is 2.79. The Hall–Kier alpha value is -3.41. The molecule has 1 aromatic heterocycles. The summed E-state index contributed by atoms with van der Waals surface area (Å²) in [6.45, 7) is 1.35. The largest absolute Gasteiger partial charge is 0.496 e. The van der Waals surface area contributed by atoms with Crippen LogP contribution in [0.2, 0.25) is 0 Å². The van der Waals surface area contributed by atoms with Crippen molar-refractivity contribution in [3.8, 4) is 5.75 Å². The Bertz CT molecular complexity index is 1010. The molecule has 0 saturated heterocycles. The van der Waals surface area contributed by atoms with E-state index in [1.165, 1.54) is 5.56 Å². The monoisotopic (exact) mass is 388 g/mol. The lowest BCUT2D eigenvalue weighted by molar-refractivity contribution is 0.0980. The van der Waals surface area contributed by atoms with E-state index in [0.717, 1.165) is 36.3 Å². The molecule has 1 N–H and O–H groups in total. The van der Waals surface area contributed by atoms with E-state index in [0.29, 0.717) is 24.7 Å². The summed E-state index contributed by atoms with van der Waals surface area (Å²) in [4.78, 5) is 23.6. The fourth-order valence-corrected chi connectivity index (χ4v) is 3.66. The summed E-state index contributed by atoms with van der Waals surface area (Å²) in [5, 5.41) is 3.21. The number of anilines is 2. The van der Waals surface area contributed by atoms with Crippen molar-refractivity contribution in [1.29, 1.82) is 0 Å². The Balaban J connectivity index is 1.44. The molecular formula is C23H24N4O2. The molecule has 0 aliphatic carbocycles. The number of rotatable bonds is 6. The molecule has 29 heavy (non-hydrogen) atoms. The molecule has 3 aromatic rings. The van der Waals surface area contributed by atoms with Gasteiger partial charge in [0.2, 0.25) is 5.95 Å². The van der Waals surface area contributed by atoms with E-state index < -0.39 is 0 Å². The summed E-state index contributed by atoms with van der Waals surface area (Å²) in [6.07, 6.45) is 4.35. The highest BCUT2D eigenvalue weighted by Gasteiger charge is 2.24. The zero-order valence-electron chi connectivity index (χ0n) is 16.5. The van der Waals surface area contributed by atoms with Gasteiger partial charge in [0.25, 0.3) is 5.91 Å². The van der Waals surface area contributed by atoms with Gasteiger partial charge >= 0.3 is 0 Å². The minimum atomic E-state index is -0.0904. The number of fused-ring (bicyclic) bond motifs is 1. The average molecular weight is 388 g/mol. The Morgan fingerprint density at radius 3 is 2.86 bits per heavy atom. The van der Waals surface area contributed by atoms with Gasteiger partial charge in [-0.25, -0.2) is 9.97 Å². The molecule has 4 rings (SSSR count). The van der Waals surface area contributed by atoms with Gasteiger partial charge in [0.1, 0.15) is 11.4 Å². The summed E-state index contributed by atoms with van der Waals surface area (Å²) in [6, 6.07) is 17.7. The number of carbonyl (C=O) groups excluding carboxylic acids is 1. The van der Waals surface area contributed by atoms with Gasteiger partial charge in [-0.15, -0.1) is 0 Å². The van der Waals surface area contributed by atoms with Crippen LogP contribution in [0.4, 0.5) is 11.6 Å². The van der Waals surface area contributed by atoms with Crippen LogP contribution in [0.15, 0.2) is 60.8 Å². The summed E-state index contributed by atoms with van der Waals surface area (Å²) >= 11 is 0. The van der Waals surface area contributed by atoms with Crippen molar-refractivity contribution >= 4 is 17.5 Å². The van der Waals surface area contributed by atoms with Crippen LogP contribution in [-0.2, 0) is 12.8 Å². The first-order valence-electron chi connectivity index (χ1n) is 9.85. The zero-order valence-corrected chi connectivity index (χ0v) is 16.5. The van der Waals surface area contributed by atoms with Crippen LogP contribution in [0.5, 0.6) is 5.75 Å². The molecule has 0 atom stereocenters. The minimum absolute atomic E-state index is 0.0904. The van der Waals surface area contributed by atoms with Crippen molar-refractivity contribution in [1.82, 2.24) is 9.97 Å². The molecule has 1 aliphatic rings. The normalized spacial score (nSPS) is 12.9. The molecule has 0 spiro atoms.